The van der Waals surface area contributed by atoms with E-state index in [-0.39, 0.29) is 24.1 Å². The lowest BCUT2D eigenvalue weighted by Crippen LogP contribution is -2.16. The van der Waals surface area contributed by atoms with Gasteiger partial charge in [-0.3, -0.25) is 4.79 Å². The highest BCUT2D eigenvalue weighted by Crippen LogP contribution is 2.23. The van der Waals surface area contributed by atoms with Gasteiger partial charge in [-0.2, -0.15) is 0 Å². The highest BCUT2D eigenvalue weighted by molar-refractivity contribution is 6.33. The number of carbonyl (C=O) groups excluding carboxylic acids is 1. The third-order valence-corrected chi connectivity index (χ3v) is 3.44. The summed E-state index contributed by atoms with van der Waals surface area (Å²) in [5.41, 5.74) is 7.28. The molecule has 21 heavy (non-hydrogen) atoms. The first-order valence-electron chi connectivity index (χ1n) is 6.61. The van der Waals surface area contributed by atoms with Gasteiger partial charge in [-0.1, -0.05) is 41.9 Å². The molecule has 0 spiro atoms. The standard InChI is InChI=1S/C16H16ClFN2O/c17-13-7-6-12(18)10-15(13)20-16(21)9-8-14(19)11-4-2-1-3-5-11/h1-7,10,14H,8-9,19H2,(H,20,21). The van der Waals surface area contributed by atoms with E-state index in [1.165, 1.54) is 18.2 Å². The minimum Gasteiger partial charge on any atom is -0.325 e. The Morgan fingerprint density at radius 1 is 1.24 bits per heavy atom. The molecular formula is C16H16ClFN2O. The van der Waals surface area contributed by atoms with E-state index in [2.05, 4.69) is 5.32 Å². The first kappa shape index (κ1) is 15.5. The molecule has 1 unspecified atom stereocenters. The number of anilines is 1. The van der Waals surface area contributed by atoms with Crippen molar-refractivity contribution in [2.45, 2.75) is 18.9 Å². The van der Waals surface area contributed by atoms with Crippen molar-refractivity contribution in [2.75, 3.05) is 5.32 Å². The Labute approximate surface area is 127 Å². The molecule has 1 amide bonds. The largest absolute Gasteiger partial charge is 0.325 e. The summed E-state index contributed by atoms with van der Waals surface area (Å²) < 4.78 is 13.1. The summed E-state index contributed by atoms with van der Waals surface area (Å²) in [6.45, 7) is 0. The predicted molar refractivity (Wildman–Crippen MR) is 82.6 cm³/mol. The number of nitrogens with one attached hydrogen (secondary N) is 1. The van der Waals surface area contributed by atoms with Crippen molar-refractivity contribution < 1.29 is 9.18 Å². The molecule has 110 valence electrons. The third-order valence-electron chi connectivity index (χ3n) is 3.11. The second kappa shape index (κ2) is 7.20. The Morgan fingerprint density at radius 2 is 1.95 bits per heavy atom. The molecule has 2 rings (SSSR count). The highest BCUT2D eigenvalue weighted by atomic mass is 35.5. The van der Waals surface area contributed by atoms with Gasteiger partial charge >= 0.3 is 0 Å². The predicted octanol–water partition coefficient (Wildman–Crippen LogP) is 3.90. The van der Waals surface area contributed by atoms with Crippen LogP contribution in [0.5, 0.6) is 0 Å². The van der Waals surface area contributed by atoms with Gasteiger partial charge in [0.15, 0.2) is 0 Å². The Morgan fingerprint density at radius 3 is 2.67 bits per heavy atom. The second-order valence-corrected chi connectivity index (χ2v) is 5.14. The summed E-state index contributed by atoms with van der Waals surface area (Å²) >= 11 is 5.89. The van der Waals surface area contributed by atoms with Crippen molar-refractivity contribution >= 4 is 23.2 Å². The number of carbonyl (C=O) groups is 1. The lowest BCUT2D eigenvalue weighted by Gasteiger charge is -2.12. The number of hydrogen-bond acceptors (Lipinski definition) is 2. The van der Waals surface area contributed by atoms with Crippen LogP contribution in [-0.4, -0.2) is 5.91 Å². The van der Waals surface area contributed by atoms with Gasteiger partial charge in [-0.05, 0) is 30.2 Å². The summed E-state index contributed by atoms with van der Waals surface area (Å²) in [6.07, 6.45) is 0.742. The van der Waals surface area contributed by atoms with Crippen LogP contribution in [0.15, 0.2) is 48.5 Å². The van der Waals surface area contributed by atoms with Crippen LogP contribution in [0.2, 0.25) is 5.02 Å². The van der Waals surface area contributed by atoms with E-state index in [1.807, 2.05) is 30.3 Å². The fourth-order valence-corrected chi connectivity index (χ4v) is 2.12. The zero-order chi connectivity index (χ0) is 15.2. The van der Waals surface area contributed by atoms with Gasteiger partial charge in [0.05, 0.1) is 10.7 Å². The van der Waals surface area contributed by atoms with Crippen LogP contribution < -0.4 is 11.1 Å². The molecule has 0 fully saturated rings. The van der Waals surface area contributed by atoms with Gasteiger partial charge in [0.2, 0.25) is 5.91 Å². The van der Waals surface area contributed by atoms with Crippen LogP contribution in [0.3, 0.4) is 0 Å². The van der Waals surface area contributed by atoms with Gasteiger partial charge in [0, 0.05) is 12.5 Å². The zero-order valence-corrected chi connectivity index (χ0v) is 12.1. The van der Waals surface area contributed by atoms with Crippen molar-refractivity contribution in [3.63, 3.8) is 0 Å². The molecule has 0 aliphatic heterocycles. The van der Waals surface area contributed by atoms with Crippen molar-refractivity contribution in [2.24, 2.45) is 5.73 Å². The monoisotopic (exact) mass is 306 g/mol. The van der Waals surface area contributed by atoms with E-state index in [1.54, 1.807) is 0 Å². The smallest absolute Gasteiger partial charge is 0.224 e. The molecule has 0 heterocycles. The van der Waals surface area contributed by atoms with E-state index in [4.69, 9.17) is 17.3 Å². The first-order valence-corrected chi connectivity index (χ1v) is 6.99. The van der Waals surface area contributed by atoms with E-state index >= 15 is 0 Å². The van der Waals surface area contributed by atoms with E-state index < -0.39 is 5.82 Å². The number of benzene rings is 2. The molecular weight excluding hydrogens is 291 g/mol. The van der Waals surface area contributed by atoms with Gasteiger partial charge in [-0.15, -0.1) is 0 Å². The van der Waals surface area contributed by atoms with Crippen LogP contribution >= 0.6 is 11.6 Å². The summed E-state index contributed by atoms with van der Waals surface area (Å²) in [5.74, 6) is -0.690. The summed E-state index contributed by atoms with van der Waals surface area (Å²) in [4.78, 5) is 11.9. The number of hydrogen-bond donors (Lipinski definition) is 2. The molecule has 0 aliphatic carbocycles. The maximum atomic E-state index is 13.1. The normalized spacial score (nSPS) is 12.0. The third kappa shape index (κ3) is 4.55. The molecule has 0 aromatic heterocycles. The Balaban J connectivity index is 1.89. The Bertz CT molecular complexity index is 619. The fourth-order valence-electron chi connectivity index (χ4n) is 1.96. The van der Waals surface area contributed by atoms with E-state index in [0.717, 1.165) is 5.56 Å². The molecule has 0 bridgehead atoms. The molecule has 5 heteroatoms. The summed E-state index contributed by atoms with van der Waals surface area (Å²) in [6, 6.07) is 13.2. The topological polar surface area (TPSA) is 55.1 Å². The first-order chi connectivity index (χ1) is 10.1. The summed E-state index contributed by atoms with van der Waals surface area (Å²) in [7, 11) is 0. The van der Waals surface area contributed by atoms with Crippen molar-refractivity contribution in [1.82, 2.24) is 0 Å². The van der Waals surface area contributed by atoms with Crippen LogP contribution in [0.1, 0.15) is 24.4 Å². The van der Waals surface area contributed by atoms with E-state index in [9.17, 15) is 9.18 Å². The molecule has 2 aromatic rings. The van der Waals surface area contributed by atoms with E-state index in [0.29, 0.717) is 11.4 Å². The Hall–Kier alpha value is -1.91. The minimum absolute atomic E-state index is 0.208. The molecule has 2 aromatic carbocycles. The summed E-state index contributed by atoms with van der Waals surface area (Å²) in [5, 5.41) is 2.89. The van der Waals surface area contributed by atoms with Gasteiger partial charge < -0.3 is 11.1 Å². The van der Waals surface area contributed by atoms with Gasteiger partial charge in [0.1, 0.15) is 5.82 Å². The minimum atomic E-state index is -0.448. The quantitative estimate of drug-likeness (QED) is 0.880. The number of rotatable bonds is 5. The average molecular weight is 307 g/mol. The number of amides is 1. The fraction of sp³-hybridized carbons (Fsp3) is 0.188. The van der Waals surface area contributed by atoms with Crippen LogP contribution in [-0.2, 0) is 4.79 Å². The van der Waals surface area contributed by atoms with Crippen molar-refractivity contribution in [1.29, 1.82) is 0 Å². The van der Waals surface area contributed by atoms with Gasteiger partial charge in [-0.25, -0.2) is 4.39 Å². The average Bonchev–Trinajstić information content (AvgIpc) is 2.49. The SMILES string of the molecule is NC(CCC(=O)Nc1cc(F)ccc1Cl)c1ccccc1. The van der Waals surface area contributed by atoms with Crippen LogP contribution in [0.25, 0.3) is 0 Å². The molecule has 0 radical (unpaired) electrons. The van der Waals surface area contributed by atoms with Crippen LogP contribution in [0.4, 0.5) is 10.1 Å². The highest BCUT2D eigenvalue weighted by Gasteiger charge is 2.11. The second-order valence-electron chi connectivity index (χ2n) is 4.73. The molecule has 3 N–H and O–H groups in total. The molecule has 1 atom stereocenters. The molecule has 3 nitrogen and oxygen atoms in total. The zero-order valence-electron chi connectivity index (χ0n) is 11.4. The van der Waals surface area contributed by atoms with Crippen LogP contribution in [0, 0.1) is 5.82 Å². The lowest BCUT2D eigenvalue weighted by atomic mass is 10.0. The molecule has 0 saturated heterocycles. The lowest BCUT2D eigenvalue weighted by molar-refractivity contribution is -0.116. The number of nitrogens with two attached hydrogens (primary N) is 1. The maximum absolute atomic E-state index is 13.1. The molecule has 0 saturated carbocycles. The van der Waals surface area contributed by atoms with Gasteiger partial charge in [0.25, 0.3) is 0 Å². The maximum Gasteiger partial charge on any atom is 0.224 e. The number of halogens is 2. The van der Waals surface area contributed by atoms with Crippen molar-refractivity contribution in [3.05, 3.63) is 64.9 Å². The molecule has 0 aliphatic rings. The Kier molecular flexibility index (Phi) is 5.31. The van der Waals surface area contributed by atoms with Crippen molar-refractivity contribution in [3.8, 4) is 0 Å².